The van der Waals surface area contributed by atoms with Gasteiger partial charge in [0.1, 0.15) is 11.3 Å². The molecular formula is C15H27NO4. The van der Waals surface area contributed by atoms with Crippen molar-refractivity contribution in [2.24, 2.45) is 0 Å². The van der Waals surface area contributed by atoms with E-state index in [0.717, 1.165) is 0 Å². The Hall–Kier alpha value is -1.07. The Balaban J connectivity index is 3.02. The second kappa shape index (κ2) is 5.37. The third-order valence-electron chi connectivity index (χ3n) is 3.35. The molecule has 1 heterocycles. The van der Waals surface area contributed by atoms with E-state index in [1.807, 2.05) is 20.8 Å². The molecule has 1 rings (SSSR count). The smallest absolute Gasteiger partial charge is 0.413 e. The standard InChI is InChI=1S/C15H27NO4/c1-8-9-15(7,18)11-10-19-14(5,6)16(11)12(17)20-13(2,3)4/h8,11,18H,1,9-10H2,2-7H3/t11-,15+/m1/s1. The highest BCUT2D eigenvalue weighted by atomic mass is 16.6. The summed E-state index contributed by atoms with van der Waals surface area (Å²) in [5.74, 6) is 0. The number of carbonyl (C=O) groups excluding carboxylic acids is 1. The second-order valence-electron chi connectivity index (χ2n) is 6.97. The molecule has 1 aliphatic rings. The van der Waals surface area contributed by atoms with E-state index in [1.54, 1.807) is 26.8 Å². The van der Waals surface area contributed by atoms with Crippen molar-refractivity contribution in [2.45, 2.75) is 70.9 Å². The molecular weight excluding hydrogens is 258 g/mol. The van der Waals surface area contributed by atoms with Crippen molar-refractivity contribution in [1.29, 1.82) is 0 Å². The summed E-state index contributed by atoms with van der Waals surface area (Å²) in [6.45, 7) is 14.6. The van der Waals surface area contributed by atoms with Crippen LogP contribution in [0.3, 0.4) is 0 Å². The molecule has 5 nitrogen and oxygen atoms in total. The topological polar surface area (TPSA) is 59.0 Å². The minimum Gasteiger partial charge on any atom is -0.444 e. The summed E-state index contributed by atoms with van der Waals surface area (Å²) < 4.78 is 11.1. The normalized spacial score (nSPS) is 25.1. The summed E-state index contributed by atoms with van der Waals surface area (Å²) in [5.41, 5.74) is -2.50. The molecule has 5 heteroatoms. The van der Waals surface area contributed by atoms with Crippen molar-refractivity contribution < 1.29 is 19.4 Å². The third kappa shape index (κ3) is 3.73. The Labute approximate surface area is 121 Å². The van der Waals surface area contributed by atoms with Gasteiger partial charge in [0.05, 0.1) is 18.2 Å². The molecule has 1 aliphatic heterocycles. The fourth-order valence-electron chi connectivity index (χ4n) is 2.35. The van der Waals surface area contributed by atoms with E-state index in [0.29, 0.717) is 6.42 Å². The van der Waals surface area contributed by atoms with Crippen LogP contribution in [-0.2, 0) is 9.47 Å². The van der Waals surface area contributed by atoms with Gasteiger partial charge in [-0.2, -0.15) is 0 Å². The van der Waals surface area contributed by atoms with Gasteiger partial charge in [0.25, 0.3) is 0 Å². The predicted molar refractivity (Wildman–Crippen MR) is 77.3 cm³/mol. The van der Waals surface area contributed by atoms with Gasteiger partial charge in [-0.25, -0.2) is 4.79 Å². The molecule has 2 atom stereocenters. The van der Waals surface area contributed by atoms with E-state index in [9.17, 15) is 9.90 Å². The zero-order valence-electron chi connectivity index (χ0n) is 13.4. The van der Waals surface area contributed by atoms with Crippen molar-refractivity contribution in [3.05, 3.63) is 12.7 Å². The van der Waals surface area contributed by atoms with Gasteiger partial charge >= 0.3 is 6.09 Å². The second-order valence-corrected chi connectivity index (χ2v) is 6.97. The fraction of sp³-hybridized carbons (Fsp3) is 0.800. The van der Waals surface area contributed by atoms with Gasteiger partial charge in [-0.1, -0.05) is 6.08 Å². The van der Waals surface area contributed by atoms with Gasteiger partial charge < -0.3 is 14.6 Å². The summed E-state index contributed by atoms with van der Waals surface area (Å²) in [5, 5.41) is 10.6. The number of aliphatic hydroxyl groups is 1. The maximum absolute atomic E-state index is 12.4. The average Bonchev–Trinajstić information content (AvgIpc) is 2.51. The molecule has 1 N–H and O–H groups in total. The number of carbonyl (C=O) groups is 1. The van der Waals surface area contributed by atoms with E-state index < -0.39 is 29.1 Å². The van der Waals surface area contributed by atoms with Gasteiger partial charge in [-0.05, 0) is 48.0 Å². The van der Waals surface area contributed by atoms with Crippen molar-refractivity contribution in [3.63, 3.8) is 0 Å². The number of amides is 1. The predicted octanol–water partition coefficient (Wildman–Crippen LogP) is 2.69. The molecule has 0 aliphatic carbocycles. The molecule has 0 radical (unpaired) electrons. The van der Waals surface area contributed by atoms with Crippen molar-refractivity contribution in [3.8, 4) is 0 Å². The van der Waals surface area contributed by atoms with E-state index in [-0.39, 0.29) is 6.61 Å². The first-order chi connectivity index (χ1) is 8.91. The Morgan fingerprint density at radius 2 is 2.05 bits per heavy atom. The molecule has 116 valence electrons. The van der Waals surface area contributed by atoms with E-state index >= 15 is 0 Å². The van der Waals surface area contributed by atoms with Crippen LogP contribution >= 0.6 is 0 Å². The largest absolute Gasteiger partial charge is 0.444 e. The van der Waals surface area contributed by atoms with Crippen LogP contribution in [0.25, 0.3) is 0 Å². The number of rotatable bonds is 3. The molecule has 0 aromatic heterocycles. The van der Waals surface area contributed by atoms with Gasteiger partial charge in [0.15, 0.2) is 0 Å². The fourth-order valence-corrected chi connectivity index (χ4v) is 2.35. The summed E-state index contributed by atoms with van der Waals surface area (Å²) >= 11 is 0. The molecule has 1 amide bonds. The lowest BCUT2D eigenvalue weighted by Gasteiger charge is -2.40. The lowest BCUT2D eigenvalue weighted by Crippen LogP contribution is -2.57. The molecule has 0 aromatic rings. The molecule has 0 unspecified atom stereocenters. The van der Waals surface area contributed by atoms with Crippen LogP contribution in [0.1, 0.15) is 48.0 Å². The zero-order chi connectivity index (χ0) is 15.8. The molecule has 0 aromatic carbocycles. The van der Waals surface area contributed by atoms with Crippen LogP contribution in [0.4, 0.5) is 4.79 Å². The van der Waals surface area contributed by atoms with Crippen molar-refractivity contribution >= 4 is 6.09 Å². The highest BCUT2D eigenvalue weighted by Gasteiger charge is 2.51. The lowest BCUT2D eigenvalue weighted by atomic mass is 9.92. The van der Waals surface area contributed by atoms with Gasteiger partial charge in [0.2, 0.25) is 0 Å². The molecule has 1 fully saturated rings. The summed E-state index contributed by atoms with van der Waals surface area (Å²) in [6, 6.07) is -0.467. The van der Waals surface area contributed by atoms with Gasteiger partial charge in [-0.15, -0.1) is 6.58 Å². The van der Waals surface area contributed by atoms with Crippen LogP contribution in [0.5, 0.6) is 0 Å². The number of nitrogens with zero attached hydrogens (tertiary/aromatic N) is 1. The minimum atomic E-state index is -1.10. The highest BCUT2D eigenvalue weighted by Crippen LogP contribution is 2.35. The Bertz CT molecular complexity index is 382. The molecule has 1 saturated heterocycles. The van der Waals surface area contributed by atoms with Crippen LogP contribution in [0.2, 0.25) is 0 Å². The van der Waals surface area contributed by atoms with Crippen LogP contribution < -0.4 is 0 Å². The van der Waals surface area contributed by atoms with E-state index in [4.69, 9.17) is 9.47 Å². The number of hydrogen-bond donors (Lipinski definition) is 1. The van der Waals surface area contributed by atoms with Crippen LogP contribution in [0.15, 0.2) is 12.7 Å². The molecule has 0 bridgehead atoms. The van der Waals surface area contributed by atoms with Crippen LogP contribution in [-0.4, -0.2) is 45.7 Å². The minimum absolute atomic E-state index is 0.271. The highest BCUT2D eigenvalue weighted by molar-refractivity contribution is 5.70. The maximum atomic E-state index is 12.4. The SMILES string of the molecule is C=CC[C@](C)(O)[C@H]1COC(C)(C)N1C(=O)OC(C)(C)C. The first-order valence-corrected chi connectivity index (χ1v) is 6.90. The lowest BCUT2D eigenvalue weighted by molar-refractivity contribution is -0.0781. The first kappa shape index (κ1) is 17.0. The van der Waals surface area contributed by atoms with Crippen molar-refractivity contribution in [1.82, 2.24) is 4.90 Å². The average molecular weight is 285 g/mol. The molecule has 20 heavy (non-hydrogen) atoms. The maximum Gasteiger partial charge on any atom is 0.413 e. The van der Waals surface area contributed by atoms with Crippen molar-refractivity contribution in [2.75, 3.05) is 6.61 Å². The summed E-state index contributed by atoms with van der Waals surface area (Å²) in [7, 11) is 0. The third-order valence-corrected chi connectivity index (χ3v) is 3.35. The quantitative estimate of drug-likeness (QED) is 0.810. The summed E-state index contributed by atoms with van der Waals surface area (Å²) in [4.78, 5) is 13.9. The van der Waals surface area contributed by atoms with Crippen LogP contribution in [0, 0.1) is 0 Å². The summed E-state index contributed by atoms with van der Waals surface area (Å²) in [6.07, 6.45) is 1.53. The monoisotopic (exact) mass is 285 g/mol. The van der Waals surface area contributed by atoms with E-state index in [2.05, 4.69) is 6.58 Å². The van der Waals surface area contributed by atoms with E-state index in [1.165, 1.54) is 4.90 Å². The first-order valence-electron chi connectivity index (χ1n) is 6.90. The Morgan fingerprint density at radius 1 is 1.50 bits per heavy atom. The van der Waals surface area contributed by atoms with Gasteiger partial charge in [-0.3, -0.25) is 4.90 Å². The number of ether oxygens (including phenoxy) is 2. The zero-order valence-corrected chi connectivity index (χ0v) is 13.4. The number of hydrogen-bond acceptors (Lipinski definition) is 4. The molecule has 0 spiro atoms. The Kier molecular flexibility index (Phi) is 4.56. The molecule has 0 saturated carbocycles. The van der Waals surface area contributed by atoms with Gasteiger partial charge in [0, 0.05) is 0 Å². The Morgan fingerprint density at radius 3 is 2.50 bits per heavy atom.